The van der Waals surface area contributed by atoms with E-state index in [4.69, 9.17) is 4.99 Å². The van der Waals surface area contributed by atoms with Crippen molar-refractivity contribution >= 4 is 11.6 Å². The van der Waals surface area contributed by atoms with E-state index < -0.39 is 5.95 Å². The predicted octanol–water partition coefficient (Wildman–Crippen LogP) is 2.37. The number of rotatable bonds is 3. The molecule has 0 fully saturated rings. The van der Waals surface area contributed by atoms with Crippen LogP contribution in [0, 0.1) is 5.95 Å². The van der Waals surface area contributed by atoms with E-state index in [0.717, 1.165) is 34.8 Å². The number of halogens is 1. The van der Waals surface area contributed by atoms with Gasteiger partial charge in [-0.1, -0.05) is 30.4 Å². The van der Waals surface area contributed by atoms with Crippen molar-refractivity contribution in [1.29, 1.82) is 0 Å². The van der Waals surface area contributed by atoms with Gasteiger partial charge in [0.05, 0.1) is 6.04 Å². The van der Waals surface area contributed by atoms with Crippen LogP contribution >= 0.6 is 0 Å². The lowest BCUT2D eigenvalue weighted by Crippen LogP contribution is -2.27. The van der Waals surface area contributed by atoms with Crippen LogP contribution in [0.2, 0.25) is 0 Å². The zero-order valence-electron chi connectivity index (χ0n) is 14.4. The van der Waals surface area contributed by atoms with E-state index >= 15 is 0 Å². The van der Waals surface area contributed by atoms with E-state index in [9.17, 15) is 4.39 Å². The van der Waals surface area contributed by atoms with Crippen molar-refractivity contribution in [3.05, 3.63) is 70.5 Å². The fraction of sp³-hybridized carbons (Fsp3) is 0.300. The molecule has 2 atom stereocenters. The lowest BCUT2D eigenvalue weighted by atomic mass is 10.00. The zero-order valence-corrected chi connectivity index (χ0v) is 14.4. The molecule has 1 aliphatic carbocycles. The Balaban J connectivity index is 1.61. The third-order valence-electron chi connectivity index (χ3n) is 4.86. The molecule has 0 aromatic carbocycles. The molecule has 2 aromatic rings. The van der Waals surface area contributed by atoms with Gasteiger partial charge in [0.25, 0.3) is 0 Å². The second-order valence-corrected chi connectivity index (χ2v) is 6.77. The molecule has 2 unspecified atom stereocenters. The minimum atomic E-state index is -0.460. The Morgan fingerprint density at radius 1 is 1.20 bits per heavy atom. The number of H-pyrrole nitrogens is 1. The summed E-state index contributed by atoms with van der Waals surface area (Å²) in [6.45, 7) is 0. The molecule has 2 aromatic heterocycles. The number of hydrogen-bond acceptors (Lipinski definition) is 3. The SMILES string of the molecule is CN(C)C1C=CC(c2cc3c([nH]2)=NC(c2ccc(F)nc2)CC=3)=CC1. The maximum Gasteiger partial charge on any atom is 0.212 e. The van der Waals surface area contributed by atoms with E-state index in [1.165, 1.54) is 11.6 Å². The molecule has 0 spiro atoms. The summed E-state index contributed by atoms with van der Waals surface area (Å²) in [5.74, 6) is -0.460. The number of pyridine rings is 1. The number of aromatic amines is 1. The van der Waals surface area contributed by atoms with Crippen molar-refractivity contribution in [2.45, 2.75) is 24.9 Å². The highest BCUT2D eigenvalue weighted by Gasteiger charge is 2.16. The van der Waals surface area contributed by atoms with Crippen molar-refractivity contribution in [2.75, 3.05) is 14.1 Å². The molecular weight excluding hydrogens is 315 g/mol. The maximum atomic E-state index is 13.0. The van der Waals surface area contributed by atoms with Gasteiger partial charge in [0.1, 0.15) is 5.49 Å². The second kappa shape index (κ2) is 6.41. The first kappa shape index (κ1) is 16.0. The number of nitrogens with one attached hydrogen (secondary N) is 1. The lowest BCUT2D eigenvalue weighted by Gasteiger charge is -2.22. The summed E-state index contributed by atoms with van der Waals surface area (Å²) in [5, 5.41) is 1.13. The Morgan fingerprint density at radius 2 is 2.08 bits per heavy atom. The number of nitrogens with zero attached hydrogens (tertiary/aromatic N) is 3. The average molecular weight is 336 g/mol. The first-order valence-electron chi connectivity index (χ1n) is 8.54. The van der Waals surface area contributed by atoms with Gasteiger partial charge < -0.3 is 9.88 Å². The van der Waals surface area contributed by atoms with E-state index in [0.29, 0.717) is 6.04 Å². The van der Waals surface area contributed by atoms with Crippen LogP contribution in [-0.4, -0.2) is 35.0 Å². The Morgan fingerprint density at radius 3 is 2.76 bits per heavy atom. The normalized spacial score (nSPS) is 22.2. The molecule has 25 heavy (non-hydrogen) atoms. The quantitative estimate of drug-likeness (QED) is 0.875. The summed E-state index contributed by atoms with van der Waals surface area (Å²) in [6, 6.07) is 5.75. The smallest absolute Gasteiger partial charge is 0.212 e. The molecular formula is C20H21FN4. The van der Waals surface area contributed by atoms with Crippen LogP contribution in [-0.2, 0) is 0 Å². The molecule has 3 heterocycles. The van der Waals surface area contributed by atoms with Crippen LogP contribution in [0.3, 0.4) is 0 Å². The summed E-state index contributed by atoms with van der Waals surface area (Å²) in [4.78, 5) is 14.2. The third-order valence-corrected chi connectivity index (χ3v) is 4.86. The van der Waals surface area contributed by atoms with E-state index in [1.54, 1.807) is 12.3 Å². The van der Waals surface area contributed by atoms with E-state index in [2.05, 4.69) is 59.3 Å². The van der Waals surface area contributed by atoms with Gasteiger partial charge in [0.2, 0.25) is 5.95 Å². The zero-order chi connectivity index (χ0) is 17.4. The van der Waals surface area contributed by atoms with Crippen LogP contribution in [0.1, 0.15) is 30.1 Å². The first-order chi connectivity index (χ1) is 12.1. The standard InChI is InChI=1S/C20H21FN4/c1-25(2)16-7-3-13(4-8-16)18-11-14-5-9-17(23-20(14)24-18)15-6-10-19(21)22-12-15/h3-7,10-12,16-17H,8-9H2,1-2H3,(H,23,24). The maximum absolute atomic E-state index is 13.0. The third kappa shape index (κ3) is 3.20. The van der Waals surface area contributed by atoms with E-state index in [-0.39, 0.29) is 6.04 Å². The van der Waals surface area contributed by atoms with Gasteiger partial charge in [-0.15, -0.1) is 0 Å². The van der Waals surface area contributed by atoms with Crippen molar-refractivity contribution in [2.24, 2.45) is 4.99 Å². The monoisotopic (exact) mass is 336 g/mol. The highest BCUT2D eigenvalue weighted by Crippen LogP contribution is 2.23. The number of fused-ring (bicyclic) bond motifs is 1. The largest absolute Gasteiger partial charge is 0.340 e. The lowest BCUT2D eigenvalue weighted by molar-refractivity contribution is 0.344. The number of allylic oxidation sites excluding steroid dienone is 2. The minimum absolute atomic E-state index is 0.0129. The Hall–Kier alpha value is -2.53. The fourth-order valence-electron chi connectivity index (χ4n) is 3.31. The van der Waals surface area contributed by atoms with E-state index in [1.807, 2.05) is 0 Å². The first-order valence-corrected chi connectivity index (χ1v) is 8.54. The van der Waals surface area contributed by atoms with Crippen molar-refractivity contribution in [3.8, 4) is 0 Å². The molecule has 128 valence electrons. The molecule has 2 aliphatic rings. The minimum Gasteiger partial charge on any atom is -0.340 e. The summed E-state index contributed by atoms with van der Waals surface area (Å²) in [7, 11) is 4.19. The number of hydrogen-bond donors (Lipinski definition) is 1. The summed E-state index contributed by atoms with van der Waals surface area (Å²) in [5.41, 5.74) is 4.12. The Bertz CT molecular complexity index is 951. The molecule has 0 radical (unpaired) electrons. The number of likely N-dealkylation sites (N-methyl/N-ethyl adjacent to an activating group) is 1. The molecule has 0 saturated carbocycles. The fourth-order valence-corrected chi connectivity index (χ4v) is 3.31. The highest BCUT2D eigenvalue weighted by molar-refractivity contribution is 5.73. The topological polar surface area (TPSA) is 44.3 Å². The molecule has 0 amide bonds. The van der Waals surface area contributed by atoms with Gasteiger partial charge in [-0.25, -0.2) is 4.98 Å². The van der Waals surface area contributed by atoms with Gasteiger partial charge >= 0.3 is 0 Å². The van der Waals surface area contributed by atoms with Gasteiger partial charge in [-0.3, -0.25) is 4.99 Å². The molecule has 1 aliphatic heterocycles. The molecule has 1 N–H and O–H groups in total. The van der Waals surface area contributed by atoms with Crippen LogP contribution in [0.5, 0.6) is 0 Å². The number of aromatic nitrogens is 2. The van der Waals surface area contributed by atoms with Gasteiger partial charge in [-0.05, 0) is 50.2 Å². The second-order valence-electron chi connectivity index (χ2n) is 6.77. The van der Waals surface area contributed by atoms with Crippen LogP contribution < -0.4 is 10.7 Å². The summed E-state index contributed by atoms with van der Waals surface area (Å²) in [6.07, 6.45) is 12.2. The van der Waals surface area contributed by atoms with Crippen LogP contribution in [0.15, 0.2) is 47.6 Å². The summed E-state index contributed by atoms with van der Waals surface area (Å²) >= 11 is 0. The molecule has 4 rings (SSSR count). The molecule has 5 heteroatoms. The van der Waals surface area contributed by atoms with Gasteiger partial charge in [-0.2, -0.15) is 4.39 Å². The van der Waals surface area contributed by atoms with Crippen LogP contribution in [0.25, 0.3) is 11.6 Å². The Labute approximate surface area is 146 Å². The van der Waals surface area contributed by atoms with Gasteiger partial charge in [0.15, 0.2) is 0 Å². The Kier molecular flexibility index (Phi) is 4.09. The predicted molar refractivity (Wildman–Crippen MR) is 96.8 cm³/mol. The average Bonchev–Trinajstić information content (AvgIpc) is 3.05. The van der Waals surface area contributed by atoms with Crippen molar-refractivity contribution in [1.82, 2.24) is 14.9 Å². The summed E-state index contributed by atoms with van der Waals surface area (Å²) < 4.78 is 13.0. The van der Waals surface area contributed by atoms with Crippen molar-refractivity contribution < 1.29 is 4.39 Å². The van der Waals surface area contributed by atoms with Gasteiger partial charge in [0, 0.05) is 23.2 Å². The molecule has 4 nitrogen and oxygen atoms in total. The van der Waals surface area contributed by atoms with Crippen molar-refractivity contribution in [3.63, 3.8) is 0 Å². The highest BCUT2D eigenvalue weighted by atomic mass is 19.1. The molecule has 0 bridgehead atoms. The van der Waals surface area contributed by atoms with Crippen LogP contribution in [0.4, 0.5) is 4.39 Å². The molecule has 0 saturated heterocycles.